The highest BCUT2D eigenvalue weighted by Crippen LogP contribution is 2.31. The molecule has 2 rings (SSSR count). The maximum absolute atomic E-state index is 12.8. The second kappa shape index (κ2) is 5.43. The Balaban J connectivity index is 2.55. The smallest absolute Gasteiger partial charge is 0.221 e. The predicted octanol–water partition coefficient (Wildman–Crippen LogP) is 4.86. The summed E-state index contributed by atoms with van der Waals surface area (Å²) >= 11 is 17.4. The minimum absolute atomic E-state index is 0.0858. The van der Waals surface area contributed by atoms with Gasteiger partial charge >= 0.3 is 0 Å². The van der Waals surface area contributed by atoms with Crippen LogP contribution in [0.4, 0.5) is 8.78 Å². The zero-order valence-electron chi connectivity index (χ0n) is 8.88. The van der Waals surface area contributed by atoms with Crippen molar-refractivity contribution < 1.29 is 8.78 Å². The summed E-state index contributed by atoms with van der Waals surface area (Å²) in [5.74, 6) is -0.119. The first-order valence-electron chi connectivity index (χ1n) is 4.92. The molecule has 0 amide bonds. The Labute approximate surface area is 117 Å². The van der Waals surface area contributed by atoms with Gasteiger partial charge < -0.3 is 0 Å². The molecule has 0 saturated carbocycles. The number of alkyl halides is 3. The van der Waals surface area contributed by atoms with Crippen LogP contribution in [-0.2, 0) is 5.88 Å². The highest BCUT2D eigenvalue weighted by molar-refractivity contribution is 6.31. The Morgan fingerprint density at radius 1 is 1.17 bits per heavy atom. The minimum Gasteiger partial charge on any atom is -0.221 e. The van der Waals surface area contributed by atoms with Gasteiger partial charge in [-0.2, -0.15) is 5.10 Å². The van der Waals surface area contributed by atoms with Gasteiger partial charge in [-0.3, -0.25) is 0 Å². The number of hydrogen-bond acceptors (Lipinski definition) is 1. The van der Waals surface area contributed by atoms with Crippen molar-refractivity contribution >= 4 is 34.8 Å². The van der Waals surface area contributed by atoms with Crippen LogP contribution in [0, 0.1) is 0 Å². The molecule has 1 aromatic carbocycles. The lowest BCUT2D eigenvalue weighted by Crippen LogP contribution is -1.97. The van der Waals surface area contributed by atoms with E-state index in [0.717, 1.165) is 0 Å². The highest BCUT2D eigenvalue weighted by Gasteiger charge is 2.23. The molecule has 0 bridgehead atoms. The van der Waals surface area contributed by atoms with Gasteiger partial charge in [0.1, 0.15) is 10.8 Å². The number of benzene rings is 1. The van der Waals surface area contributed by atoms with Crippen molar-refractivity contribution in [2.75, 3.05) is 0 Å². The molecule has 0 spiro atoms. The van der Waals surface area contributed by atoms with Crippen molar-refractivity contribution in [1.29, 1.82) is 0 Å². The van der Waals surface area contributed by atoms with E-state index in [0.29, 0.717) is 10.7 Å². The molecule has 0 unspecified atom stereocenters. The Morgan fingerprint density at radius 3 is 2.22 bits per heavy atom. The molecule has 1 aromatic heterocycles. The number of halogens is 5. The fraction of sp³-hybridized carbons (Fsp3) is 0.182. The molecule has 0 aliphatic carbocycles. The molecular formula is C11H7Cl3F2N2. The molecular weight excluding hydrogens is 304 g/mol. The number of nitrogens with zero attached hydrogens (tertiary/aromatic N) is 2. The normalized spacial score (nSPS) is 11.2. The van der Waals surface area contributed by atoms with Crippen LogP contribution in [-0.4, -0.2) is 9.78 Å². The molecule has 0 saturated heterocycles. The first-order chi connectivity index (χ1) is 8.54. The van der Waals surface area contributed by atoms with Crippen LogP contribution in [0.5, 0.6) is 0 Å². The topological polar surface area (TPSA) is 17.8 Å². The first kappa shape index (κ1) is 13.6. The number of rotatable bonds is 3. The Morgan fingerprint density at radius 2 is 1.78 bits per heavy atom. The van der Waals surface area contributed by atoms with Gasteiger partial charge in [-0.05, 0) is 24.3 Å². The van der Waals surface area contributed by atoms with Crippen LogP contribution >= 0.6 is 34.8 Å². The second-order valence-electron chi connectivity index (χ2n) is 3.48. The quantitative estimate of drug-likeness (QED) is 0.741. The number of hydrogen-bond donors (Lipinski definition) is 0. The first-order valence-corrected chi connectivity index (χ1v) is 6.21. The standard InChI is InChI=1S/C11H7Cl3F2N2/c12-5-8-9(11(15)16)17-18(10(8)14)7-3-1-6(13)2-4-7/h1-4,11H,5H2. The molecule has 0 aliphatic rings. The van der Waals surface area contributed by atoms with Crippen molar-refractivity contribution in [2.45, 2.75) is 12.3 Å². The van der Waals surface area contributed by atoms with E-state index in [1.54, 1.807) is 24.3 Å². The summed E-state index contributed by atoms with van der Waals surface area (Å²) in [5, 5.41) is 4.41. The summed E-state index contributed by atoms with van der Waals surface area (Å²) < 4.78 is 26.8. The van der Waals surface area contributed by atoms with Gasteiger partial charge in [-0.1, -0.05) is 23.2 Å². The maximum atomic E-state index is 12.8. The molecule has 0 fully saturated rings. The van der Waals surface area contributed by atoms with Crippen LogP contribution in [0.3, 0.4) is 0 Å². The van der Waals surface area contributed by atoms with Crippen molar-refractivity contribution in [1.82, 2.24) is 9.78 Å². The van der Waals surface area contributed by atoms with Crippen LogP contribution in [0.25, 0.3) is 5.69 Å². The summed E-state index contributed by atoms with van der Waals surface area (Å²) in [4.78, 5) is 0. The summed E-state index contributed by atoms with van der Waals surface area (Å²) in [7, 11) is 0. The molecule has 7 heteroatoms. The fourth-order valence-electron chi connectivity index (χ4n) is 1.50. The average Bonchev–Trinajstić information content (AvgIpc) is 2.67. The van der Waals surface area contributed by atoms with E-state index in [1.165, 1.54) is 4.68 Å². The zero-order chi connectivity index (χ0) is 13.3. The molecule has 1 heterocycles. The van der Waals surface area contributed by atoms with Crippen LogP contribution in [0.2, 0.25) is 10.2 Å². The fourth-order valence-corrected chi connectivity index (χ4v) is 2.25. The van der Waals surface area contributed by atoms with Gasteiger partial charge in [0.15, 0.2) is 0 Å². The third-order valence-electron chi connectivity index (χ3n) is 2.36. The van der Waals surface area contributed by atoms with Gasteiger partial charge in [-0.25, -0.2) is 13.5 Å². The second-order valence-corrected chi connectivity index (χ2v) is 4.54. The van der Waals surface area contributed by atoms with E-state index in [-0.39, 0.29) is 16.6 Å². The third-order valence-corrected chi connectivity index (χ3v) is 3.27. The summed E-state index contributed by atoms with van der Waals surface area (Å²) in [6, 6.07) is 6.51. The van der Waals surface area contributed by atoms with Crippen molar-refractivity contribution in [3.05, 3.63) is 45.7 Å². The minimum atomic E-state index is -2.72. The molecule has 0 aliphatic heterocycles. The monoisotopic (exact) mass is 310 g/mol. The predicted molar refractivity (Wildman–Crippen MR) is 68.1 cm³/mol. The summed E-state index contributed by atoms with van der Waals surface area (Å²) in [5.41, 5.74) is 0.288. The van der Waals surface area contributed by atoms with E-state index in [2.05, 4.69) is 5.10 Å². The summed E-state index contributed by atoms with van der Waals surface area (Å²) in [6.07, 6.45) is -2.72. The maximum Gasteiger partial charge on any atom is 0.282 e. The molecule has 2 nitrogen and oxygen atoms in total. The average molecular weight is 312 g/mol. The van der Waals surface area contributed by atoms with E-state index >= 15 is 0 Å². The van der Waals surface area contributed by atoms with Gasteiger partial charge in [-0.15, -0.1) is 11.6 Å². The van der Waals surface area contributed by atoms with Gasteiger partial charge in [0.2, 0.25) is 0 Å². The lowest BCUT2D eigenvalue weighted by atomic mass is 10.3. The van der Waals surface area contributed by atoms with Crippen molar-refractivity contribution in [3.63, 3.8) is 0 Å². The van der Waals surface area contributed by atoms with Crippen LogP contribution in [0.1, 0.15) is 17.7 Å². The SMILES string of the molecule is FC(F)c1nn(-c2ccc(Cl)cc2)c(Cl)c1CCl. The molecule has 0 N–H and O–H groups in total. The van der Waals surface area contributed by atoms with E-state index in [4.69, 9.17) is 34.8 Å². The van der Waals surface area contributed by atoms with Crippen molar-refractivity contribution in [2.24, 2.45) is 0 Å². The zero-order valence-corrected chi connectivity index (χ0v) is 11.1. The van der Waals surface area contributed by atoms with Crippen LogP contribution in [0.15, 0.2) is 24.3 Å². The van der Waals surface area contributed by atoms with Crippen LogP contribution < -0.4 is 0 Å². The Hall–Kier alpha value is -0.840. The molecule has 96 valence electrons. The van der Waals surface area contributed by atoms with Gasteiger partial charge in [0.05, 0.1) is 11.6 Å². The van der Waals surface area contributed by atoms with E-state index in [1.807, 2.05) is 0 Å². The molecule has 2 aromatic rings. The van der Waals surface area contributed by atoms with E-state index in [9.17, 15) is 8.78 Å². The molecule has 18 heavy (non-hydrogen) atoms. The van der Waals surface area contributed by atoms with Gasteiger partial charge in [0.25, 0.3) is 6.43 Å². The molecule has 0 radical (unpaired) electrons. The number of aromatic nitrogens is 2. The van der Waals surface area contributed by atoms with Gasteiger partial charge in [0, 0.05) is 10.6 Å². The highest BCUT2D eigenvalue weighted by atomic mass is 35.5. The van der Waals surface area contributed by atoms with Crippen molar-refractivity contribution in [3.8, 4) is 5.69 Å². The molecule has 0 atom stereocenters. The Bertz CT molecular complexity index is 552. The lowest BCUT2D eigenvalue weighted by molar-refractivity contribution is 0.144. The Kier molecular flexibility index (Phi) is 4.10. The largest absolute Gasteiger partial charge is 0.282 e. The van der Waals surface area contributed by atoms with E-state index < -0.39 is 12.1 Å². The lowest BCUT2D eigenvalue weighted by Gasteiger charge is -2.02. The third kappa shape index (κ3) is 2.46. The summed E-state index contributed by atoms with van der Waals surface area (Å²) in [6.45, 7) is 0.